The lowest BCUT2D eigenvalue weighted by molar-refractivity contribution is 0.0665. The van der Waals surface area contributed by atoms with Crippen molar-refractivity contribution in [3.05, 3.63) is 29.8 Å². The first kappa shape index (κ1) is 11.0. The Bertz CT molecular complexity index is 295. The van der Waals surface area contributed by atoms with E-state index in [9.17, 15) is 4.39 Å². The molecular weight excluding hydrogens is 181 g/mol. The molecule has 14 heavy (non-hydrogen) atoms. The molecule has 1 aromatic rings. The molecule has 0 aliphatic heterocycles. The first-order valence-corrected chi connectivity index (χ1v) is 4.58. The minimum atomic E-state index is -1.17. The maximum absolute atomic E-state index is 13.8. The zero-order chi connectivity index (χ0) is 10.8. The average molecular weight is 197 g/mol. The second-order valence-corrected chi connectivity index (χ2v) is 4.18. The van der Waals surface area contributed by atoms with Gasteiger partial charge in [-0.1, -0.05) is 26.0 Å². The van der Waals surface area contributed by atoms with Gasteiger partial charge in [0.15, 0.2) is 0 Å². The Balaban J connectivity index is 2.89. The van der Waals surface area contributed by atoms with Gasteiger partial charge in [-0.25, -0.2) is 4.39 Å². The lowest BCUT2D eigenvalue weighted by atomic mass is 9.84. The number of rotatable bonds is 3. The van der Waals surface area contributed by atoms with Crippen LogP contribution in [0.1, 0.15) is 25.6 Å². The predicted octanol–water partition coefficient (Wildman–Crippen LogP) is 2.30. The van der Waals surface area contributed by atoms with Crippen molar-refractivity contribution in [2.24, 2.45) is 5.41 Å². The molecule has 3 heteroatoms. The molecular formula is C11H16FNO. The molecule has 0 aliphatic rings. The number of nitrogen functional groups attached to an aromatic ring is 1. The van der Waals surface area contributed by atoms with E-state index in [1.165, 1.54) is 0 Å². The summed E-state index contributed by atoms with van der Waals surface area (Å²) in [6, 6.07) is 6.62. The quantitative estimate of drug-likeness (QED) is 0.730. The fourth-order valence-corrected chi connectivity index (χ4v) is 1.20. The molecule has 0 bridgehead atoms. The number of benzene rings is 1. The Morgan fingerprint density at radius 2 is 1.86 bits per heavy atom. The molecule has 0 heterocycles. The molecule has 0 aromatic heterocycles. The summed E-state index contributed by atoms with van der Waals surface area (Å²) in [6.07, 6.45) is -1.17. The lowest BCUT2D eigenvalue weighted by Crippen LogP contribution is -2.23. The van der Waals surface area contributed by atoms with Gasteiger partial charge in [-0.2, -0.15) is 0 Å². The molecule has 0 saturated carbocycles. The second kappa shape index (κ2) is 3.96. The zero-order valence-corrected chi connectivity index (χ0v) is 8.50. The van der Waals surface area contributed by atoms with Crippen LogP contribution in [-0.2, 0) is 0 Å². The Labute approximate surface area is 83.6 Å². The number of halogens is 1. The minimum absolute atomic E-state index is 0.182. The highest BCUT2D eigenvalue weighted by molar-refractivity contribution is 5.40. The van der Waals surface area contributed by atoms with Crippen LogP contribution < -0.4 is 5.73 Å². The van der Waals surface area contributed by atoms with E-state index in [0.29, 0.717) is 11.3 Å². The van der Waals surface area contributed by atoms with Crippen molar-refractivity contribution in [2.75, 3.05) is 12.3 Å². The summed E-state index contributed by atoms with van der Waals surface area (Å²) in [5, 5.41) is 9.02. The van der Waals surface area contributed by atoms with Gasteiger partial charge in [0.05, 0.1) is 6.61 Å². The number of anilines is 1. The van der Waals surface area contributed by atoms with E-state index in [0.717, 1.165) is 0 Å². The molecule has 1 rings (SSSR count). The van der Waals surface area contributed by atoms with Crippen LogP contribution in [0.2, 0.25) is 0 Å². The minimum Gasteiger partial charge on any atom is -0.399 e. The molecule has 3 N–H and O–H groups in total. The summed E-state index contributed by atoms with van der Waals surface area (Å²) < 4.78 is 13.8. The van der Waals surface area contributed by atoms with Crippen molar-refractivity contribution in [2.45, 2.75) is 20.0 Å². The third-order valence-corrected chi connectivity index (χ3v) is 2.32. The Morgan fingerprint density at radius 3 is 2.29 bits per heavy atom. The Hall–Kier alpha value is -1.09. The van der Waals surface area contributed by atoms with E-state index in [1.807, 2.05) is 0 Å². The first-order valence-electron chi connectivity index (χ1n) is 4.58. The Morgan fingerprint density at radius 1 is 1.36 bits per heavy atom. The third kappa shape index (κ3) is 2.23. The van der Waals surface area contributed by atoms with Crippen molar-refractivity contribution in [3.8, 4) is 0 Å². The van der Waals surface area contributed by atoms with Crippen molar-refractivity contribution in [1.29, 1.82) is 0 Å². The van der Waals surface area contributed by atoms with Crippen LogP contribution in [0.25, 0.3) is 0 Å². The summed E-state index contributed by atoms with van der Waals surface area (Å²) in [5.41, 5.74) is 5.91. The van der Waals surface area contributed by atoms with Crippen LogP contribution in [0.15, 0.2) is 24.3 Å². The number of nitrogens with two attached hydrogens (primary N) is 1. The van der Waals surface area contributed by atoms with Gasteiger partial charge in [0.2, 0.25) is 0 Å². The Kier molecular flexibility index (Phi) is 3.11. The molecule has 0 fully saturated rings. The zero-order valence-electron chi connectivity index (χ0n) is 8.50. The molecule has 0 radical (unpaired) electrons. The number of alkyl halides is 1. The van der Waals surface area contributed by atoms with Gasteiger partial charge in [0.25, 0.3) is 0 Å². The van der Waals surface area contributed by atoms with Gasteiger partial charge in [0, 0.05) is 11.1 Å². The highest BCUT2D eigenvalue weighted by atomic mass is 19.1. The summed E-state index contributed by atoms with van der Waals surface area (Å²) >= 11 is 0. The standard InChI is InChI=1S/C11H16FNO/c1-11(2,7-14)10(12)8-3-5-9(13)6-4-8/h3-6,10,14H,7,13H2,1-2H3. The molecule has 1 atom stereocenters. The lowest BCUT2D eigenvalue weighted by Gasteiger charge is -2.26. The summed E-state index contributed by atoms with van der Waals surface area (Å²) in [4.78, 5) is 0. The highest BCUT2D eigenvalue weighted by Crippen LogP contribution is 2.36. The van der Waals surface area contributed by atoms with Crippen LogP contribution in [0, 0.1) is 5.41 Å². The van der Waals surface area contributed by atoms with E-state index < -0.39 is 11.6 Å². The molecule has 0 amide bonds. The van der Waals surface area contributed by atoms with Crippen molar-refractivity contribution in [1.82, 2.24) is 0 Å². The molecule has 0 aliphatic carbocycles. The topological polar surface area (TPSA) is 46.2 Å². The molecule has 78 valence electrons. The van der Waals surface area contributed by atoms with Crippen LogP contribution in [0.5, 0.6) is 0 Å². The van der Waals surface area contributed by atoms with Gasteiger partial charge in [-0.05, 0) is 17.7 Å². The van der Waals surface area contributed by atoms with Gasteiger partial charge >= 0.3 is 0 Å². The van der Waals surface area contributed by atoms with Gasteiger partial charge < -0.3 is 10.8 Å². The predicted molar refractivity (Wildman–Crippen MR) is 55.6 cm³/mol. The number of hydrogen-bond donors (Lipinski definition) is 2. The number of aliphatic hydroxyl groups excluding tert-OH is 1. The molecule has 0 spiro atoms. The summed E-state index contributed by atoms with van der Waals surface area (Å²) in [6.45, 7) is 3.20. The second-order valence-electron chi connectivity index (χ2n) is 4.18. The SMILES string of the molecule is CC(C)(CO)C(F)c1ccc(N)cc1. The third-order valence-electron chi connectivity index (χ3n) is 2.32. The molecule has 1 aromatic carbocycles. The van der Waals surface area contributed by atoms with Gasteiger partial charge in [-0.3, -0.25) is 0 Å². The van der Waals surface area contributed by atoms with Crippen LogP contribution in [-0.4, -0.2) is 11.7 Å². The van der Waals surface area contributed by atoms with E-state index in [-0.39, 0.29) is 6.61 Å². The fraction of sp³-hybridized carbons (Fsp3) is 0.455. The van der Waals surface area contributed by atoms with E-state index in [2.05, 4.69) is 0 Å². The molecule has 0 saturated heterocycles. The normalized spacial score (nSPS) is 14.0. The van der Waals surface area contributed by atoms with E-state index in [4.69, 9.17) is 10.8 Å². The summed E-state index contributed by atoms with van der Waals surface area (Å²) in [5.74, 6) is 0. The van der Waals surface area contributed by atoms with E-state index in [1.54, 1.807) is 38.1 Å². The smallest absolute Gasteiger partial charge is 0.132 e. The van der Waals surface area contributed by atoms with Gasteiger partial charge in [0.1, 0.15) is 6.17 Å². The van der Waals surface area contributed by atoms with Crippen LogP contribution >= 0.6 is 0 Å². The highest BCUT2D eigenvalue weighted by Gasteiger charge is 2.29. The molecule has 1 unspecified atom stereocenters. The van der Waals surface area contributed by atoms with Gasteiger partial charge in [-0.15, -0.1) is 0 Å². The monoisotopic (exact) mass is 197 g/mol. The van der Waals surface area contributed by atoms with Crippen molar-refractivity contribution in [3.63, 3.8) is 0 Å². The van der Waals surface area contributed by atoms with Crippen molar-refractivity contribution >= 4 is 5.69 Å². The summed E-state index contributed by atoms with van der Waals surface area (Å²) in [7, 11) is 0. The largest absolute Gasteiger partial charge is 0.399 e. The maximum atomic E-state index is 13.8. The van der Waals surface area contributed by atoms with Crippen LogP contribution in [0.4, 0.5) is 10.1 Å². The average Bonchev–Trinajstić information content (AvgIpc) is 2.18. The maximum Gasteiger partial charge on any atom is 0.132 e. The number of hydrogen-bond acceptors (Lipinski definition) is 2. The van der Waals surface area contributed by atoms with Crippen LogP contribution in [0.3, 0.4) is 0 Å². The number of aliphatic hydroxyl groups is 1. The molecule has 2 nitrogen and oxygen atoms in total. The van der Waals surface area contributed by atoms with Crippen molar-refractivity contribution < 1.29 is 9.50 Å². The fourth-order valence-electron chi connectivity index (χ4n) is 1.20. The first-order chi connectivity index (χ1) is 6.47. The van der Waals surface area contributed by atoms with E-state index >= 15 is 0 Å².